The van der Waals surface area contributed by atoms with Crippen LogP contribution in [0, 0.1) is 0 Å². The molecule has 0 bridgehead atoms. The molecule has 5 aromatic rings. The van der Waals surface area contributed by atoms with Crippen LogP contribution < -0.4 is 34.1 Å². The number of urea groups is 2. The van der Waals surface area contributed by atoms with Gasteiger partial charge in [0.1, 0.15) is 30.3 Å². The van der Waals surface area contributed by atoms with Crippen molar-refractivity contribution in [2.45, 2.75) is 0 Å². The lowest BCUT2D eigenvalue weighted by molar-refractivity contribution is 0.156. The normalized spacial score (nSPS) is 14.0. The quantitative estimate of drug-likeness (QED) is 0.244. The summed E-state index contributed by atoms with van der Waals surface area (Å²) in [5, 5.41) is 5.79. The maximum atomic E-state index is 14.4. The van der Waals surface area contributed by atoms with Crippen molar-refractivity contribution in [1.29, 1.82) is 0 Å². The van der Waals surface area contributed by atoms with Crippen LogP contribution in [0.5, 0.6) is 23.3 Å². The molecule has 0 unspecified atom stereocenters. The molecule has 1 aliphatic heterocycles. The zero-order valence-electron chi connectivity index (χ0n) is 25.8. The van der Waals surface area contributed by atoms with Gasteiger partial charge in [0.05, 0.1) is 63.6 Å². The molecular weight excluding hydrogens is 592 g/mol. The van der Waals surface area contributed by atoms with Gasteiger partial charge in [-0.05, 0) is 24.3 Å². The lowest BCUT2D eigenvalue weighted by Gasteiger charge is -2.41. The number of carbonyl (C=O) groups is 2. The molecular formula is C32H33N8O6+. The lowest BCUT2D eigenvalue weighted by atomic mass is 10.1. The molecule has 0 spiro atoms. The summed E-state index contributed by atoms with van der Waals surface area (Å²) >= 11 is 0. The Hall–Kier alpha value is -5.76. The number of carbonyl (C=O) groups excluding carboxylic acids is 2. The molecule has 236 valence electrons. The molecule has 0 aliphatic carbocycles. The van der Waals surface area contributed by atoms with E-state index < -0.39 is 6.03 Å². The maximum absolute atomic E-state index is 14.4. The molecule has 0 atom stereocenters. The number of hydrogen-bond acceptors (Lipinski definition) is 10. The molecule has 1 fully saturated rings. The summed E-state index contributed by atoms with van der Waals surface area (Å²) in [6, 6.07) is 19.2. The highest BCUT2D eigenvalue weighted by Gasteiger charge is 2.45. The minimum atomic E-state index is -0.397. The van der Waals surface area contributed by atoms with Crippen LogP contribution in [0.3, 0.4) is 0 Å². The molecule has 3 aromatic carbocycles. The number of nitrogens with one attached hydrogen (secondary N) is 2. The molecule has 6 rings (SSSR count). The van der Waals surface area contributed by atoms with E-state index >= 15 is 0 Å². The Morgan fingerprint density at radius 1 is 0.652 bits per heavy atom. The number of methoxy groups -OCH3 is 4. The Morgan fingerprint density at radius 3 is 1.57 bits per heavy atom. The first-order valence-corrected chi connectivity index (χ1v) is 14.5. The van der Waals surface area contributed by atoms with Gasteiger partial charge >= 0.3 is 12.1 Å². The van der Waals surface area contributed by atoms with Crippen LogP contribution in [0.15, 0.2) is 66.7 Å². The minimum Gasteiger partial charge on any atom is -0.496 e. The average Bonchev–Trinajstić information content (AvgIpc) is 3.10. The van der Waals surface area contributed by atoms with Crippen molar-refractivity contribution in [3.63, 3.8) is 0 Å². The Balaban J connectivity index is 1.30. The number of ether oxygens (including phenoxy) is 4. The van der Waals surface area contributed by atoms with Crippen molar-refractivity contribution in [2.24, 2.45) is 0 Å². The fourth-order valence-corrected chi connectivity index (χ4v) is 5.43. The van der Waals surface area contributed by atoms with Crippen LogP contribution in [-0.2, 0) is 0 Å². The summed E-state index contributed by atoms with van der Waals surface area (Å²) in [6.07, 6.45) is 0. The van der Waals surface area contributed by atoms with Gasteiger partial charge in [-0.15, -0.1) is 0 Å². The van der Waals surface area contributed by atoms with Crippen LogP contribution in [0.2, 0.25) is 0 Å². The zero-order valence-corrected chi connectivity index (χ0v) is 25.8. The summed E-state index contributed by atoms with van der Waals surface area (Å²) in [6.45, 7) is 0.893. The van der Waals surface area contributed by atoms with Crippen molar-refractivity contribution in [3.05, 3.63) is 66.7 Å². The van der Waals surface area contributed by atoms with Crippen molar-refractivity contribution >= 4 is 51.5 Å². The van der Waals surface area contributed by atoms with Gasteiger partial charge in [-0.1, -0.05) is 24.3 Å². The van der Waals surface area contributed by atoms with Crippen molar-refractivity contribution in [3.8, 4) is 23.3 Å². The van der Waals surface area contributed by atoms with Crippen LogP contribution in [0.4, 0.5) is 26.9 Å². The Kier molecular flexibility index (Phi) is 8.35. The third-order valence-electron chi connectivity index (χ3n) is 7.92. The maximum Gasteiger partial charge on any atom is 0.427 e. The summed E-state index contributed by atoms with van der Waals surface area (Å²) in [5.74, 6) is 1.80. The number of para-hydroxylation sites is 4. The molecule has 46 heavy (non-hydrogen) atoms. The number of rotatable bonds is 7. The van der Waals surface area contributed by atoms with Gasteiger partial charge in [-0.25, -0.2) is 34.0 Å². The van der Waals surface area contributed by atoms with Crippen LogP contribution in [-0.4, -0.2) is 91.5 Å². The van der Waals surface area contributed by atoms with Gasteiger partial charge in [-0.3, -0.25) is 10.6 Å². The largest absolute Gasteiger partial charge is 0.496 e. The van der Waals surface area contributed by atoms with Gasteiger partial charge in [0.15, 0.2) is 5.82 Å². The highest BCUT2D eigenvalue weighted by Crippen LogP contribution is 2.36. The molecule has 3 heterocycles. The summed E-state index contributed by atoms with van der Waals surface area (Å²) in [5.41, 5.74) is 3.10. The lowest BCUT2D eigenvalue weighted by Crippen LogP contribution is -2.66. The second-order valence-corrected chi connectivity index (χ2v) is 10.5. The number of amides is 4. The summed E-state index contributed by atoms with van der Waals surface area (Å²) < 4.78 is 21.8. The second kappa shape index (κ2) is 12.7. The van der Waals surface area contributed by atoms with Crippen molar-refractivity contribution in [2.75, 3.05) is 65.3 Å². The molecule has 1 saturated heterocycles. The molecule has 2 N–H and O–H groups in total. The van der Waals surface area contributed by atoms with E-state index in [2.05, 4.69) is 30.6 Å². The van der Waals surface area contributed by atoms with E-state index in [9.17, 15) is 9.59 Å². The summed E-state index contributed by atoms with van der Waals surface area (Å²) in [7, 11) is 6.03. The second-order valence-electron chi connectivity index (χ2n) is 10.5. The van der Waals surface area contributed by atoms with Gasteiger partial charge in [0.25, 0.3) is 11.8 Å². The number of nitrogens with zero attached hydrogens (tertiary/aromatic N) is 6. The Morgan fingerprint density at radius 2 is 1.11 bits per heavy atom. The van der Waals surface area contributed by atoms with E-state index in [1.54, 1.807) is 49.5 Å². The van der Waals surface area contributed by atoms with E-state index in [4.69, 9.17) is 18.9 Å². The first-order valence-electron chi connectivity index (χ1n) is 14.5. The zero-order chi connectivity index (χ0) is 32.3. The van der Waals surface area contributed by atoms with E-state index in [1.807, 2.05) is 36.4 Å². The minimum absolute atomic E-state index is 0.178. The fraction of sp³-hybridized carbons (Fsp3) is 0.250. The standard InChI is InChI=1S/C32H32N8O6/c1-43-21-17-20(18-22(19-21)44-2)40(32(42)38-28-30(46-4)36-26-12-8-6-10-24(26)34-28)15-13-39(14-16-40)31(41)37-27-29(45-3)35-25-11-7-5-9-23(25)33-27/h5-12,17-19H,13-16H2,1-4H3,(H-,33,34,37,38,41,42)/p+1. The Labute approximate surface area is 264 Å². The number of anilines is 2. The molecule has 1 aliphatic rings. The first-order chi connectivity index (χ1) is 22.4. The smallest absolute Gasteiger partial charge is 0.427 e. The first kappa shape index (κ1) is 30.3. The van der Waals surface area contributed by atoms with Crippen molar-refractivity contribution < 1.29 is 28.5 Å². The van der Waals surface area contributed by atoms with Crippen LogP contribution in [0.25, 0.3) is 22.1 Å². The predicted octanol–water partition coefficient (Wildman–Crippen LogP) is 4.69. The summed E-state index contributed by atoms with van der Waals surface area (Å²) in [4.78, 5) is 47.6. The van der Waals surface area contributed by atoms with E-state index in [1.165, 1.54) is 14.2 Å². The highest BCUT2D eigenvalue weighted by molar-refractivity contribution is 5.99. The fourth-order valence-electron chi connectivity index (χ4n) is 5.43. The van der Waals surface area contributed by atoms with E-state index in [0.717, 1.165) is 0 Å². The highest BCUT2D eigenvalue weighted by atomic mass is 16.5. The SMILES string of the molecule is COc1cc(OC)cc([N+]2(C(=O)Nc3nc4ccccc4nc3OC)CCN(C(=O)Nc3nc4ccccc4nc3OC)CC2)c1. The monoisotopic (exact) mass is 625 g/mol. The molecule has 4 amide bonds. The Bertz CT molecular complexity index is 1910. The third-order valence-corrected chi connectivity index (χ3v) is 7.92. The number of piperazine rings is 1. The van der Waals surface area contributed by atoms with Gasteiger partial charge in [-0.2, -0.15) is 0 Å². The van der Waals surface area contributed by atoms with E-state index in [0.29, 0.717) is 39.3 Å². The number of fused-ring (bicyclic) bond motifs is 2. The topological polar surface area (TPSA) is 150 Å². The van der Waals surface area contributed by atoms with Crippen molar-refractivity contribution in [1.82, 2.24) is 29.3 Å². The number of hydrogen-bond donors (Lipinski definition) is 2. The predicted molar refractivity (Wildman–Crippen MR) is 173 cm³/mol. The third kappa shape index (κ3) is 5.73. The van der Waals surface area contributed by atoms with Gasteiger partial charge in [0, 0.05) is 18.2 Å². The van der Waals surface area contributed by atoms with Crippen LogP contribution >= 0.6 is 0 Å². The average molecular weight is 626 g/mol. The molecule has 14 heteroatoms. The van der Waals surface area contributed by atoms with Gasteiger partial charge < -0.3 is 23.8 Å². The molecule has 0 saturated carbocycles. The molecule has 14 nitrogen and oxygen atoms in total. The molecule has 2 aromatic heterocycles. The van der Waals surface area contributed by atoms with Crippen LogP contribution in [0.1, 0.15) is 0 Å². The van der Waals surface area contributed by atoms with E-state index in [-0.39, 0.29) is 60.1 Å². The number of quaternary nitrogens is 1. The number of aromatic nitrogens is 4. The number of benzene rings is 3. The van der Waals surface area contributed by atoms with Gasteiger partial charge in [0.2, 0.25) is 5.82 Å². The molecule has 0 radical (unpaired) electrons.